The molecule has 1 aliphatic carbocycles. The Hall–Kier alpha value is -3.33. The smallest absolute Gasteiger partial charge is 0.256 e. The van der Waals surface area contributed by atoms with Gasteiger partial charge in [0.2, 0.25) is 0 Å². The van der Waals surface area contributed by atoms with E-state index in [2.05, 4.69) is 25.4 Å². The predicted octanol–water partition coefficient (Wildman–Crippen LogP) is 1.83. The Bertz CT molecular complexity index is 1220. The van der Waals surface area contributed by atoms with Crippen LogP contribution in [0.25, 0.3) is 33.5 Å². The summed E-state index contributed by atoms with van der Waals surface area (Å²) < 4.78 is 15.1. The summed E-state index contributed by atoms with van der Waals surface area (Å²) in [5, 5.41) is 8.02. The summed E-state index contributed by atoms with van der Waals surface area (Å²) in [6, 6.07) is 4.46. The summed E-state index contributed by atoms with van der Waals surface area (Å²) in [5.41, 5.74) is 8.40. The molecule has 1 amide bonds. The van der Waals surface area contributed by atoms with Crippen LogP contribution < -0.4 is 11.1 Å². The van der Waals surface area contributed by atoms with Crippen LogP contribution in [0.3, 0.4) is 0 Å². The Balaban J connectivity index is 1.63. The standard InChI is InChI=1S/C18H16FN7O/c1-26-13-6-9(19)2-3-10(13)14(25-26)12-8-22-16-15(23-12)11(7-21-16)17(27)24-18(20)4-5-18/h2-3,6-8H,4-5,20H2,1H3,(H,21,22)(H,24,27). The molecule has 3 aromatic heterocycles. The lowest BCUT2D eigenvalue weighted by molar-refractivity contribution is 0.0934. The Kier molecular flexibility index (Phi) is 3.14. The van der Waals surface area contributed by atoms with Crippen molar-refractivity contribution in [1.29, 1.82) is 0 Å². The molecule has 0 aliphatic heterocycles. The van der Waals surface area contributed by atoms with Gasteiger partial charge in [-0.05, 0) is 31.0 Å². The van der Waals surface area contributed by atoms with Gasteiger partial charge in [-0.15, -0.1) is 0 Å². The van der Waals surface area contributed by atoms with Crippen molar-refractivity contribution in [2.75, 3.05) is 0 Å². The van der Waals surface area contributed by atoms with Gasteiger partial charge in [0.25, 0.3) is 5.91 Å². The second-order valence-electron chi connectivity index (χ2n) is 6.90. The number of aryl methyl sites for hydroxylation is 1. The average molecular weight is 365 g/mol. The molecule has 3 heterocycles. The van der Waals surface area contributed by atoms with E-state index in [0.29, 0.717) is 33.6 Å². The van der Waals surface area contributed by atoms with Crippen molar-refractivity contribution in [1.82, 2.24) is 30.0 Å². The molecular weight excluding hydrogens is 349 g/mol. The third-order valence-corrected chi connectivity index (χ3v) is 4.83. The van der Waals surface area contributed by atoms with Gasteiger partial charge in [-0.3, -0.25) is 9.48 Å². The van der Waals surface area contributed by atoms with E-state index in [1.807, 2.05) is 0 Å². The maximum Gasteiger partial charge on any atom is 0.256 e. The van der Waals surface area contributed by atoms with Crippen LogP contribution in [0.1, 0.15) is 23.2 Å². The van der Waals surface area contributed by atoms with Gasteiger partial charge in [0.15, 0.2) is 5.65 Å². The molecule has 0 unspecified atom stereocenters. The zero-order chi connectivity index (χ0) is 18.8. The summed E-state index contributed by atoms with van der Waals surface area (Å²) in [7, 11) is 1.74. The molecular formula is C18H16FN7O. The van der Waals surface area contributed by atoms with Crippen molar-refractivity contribution < 1.29 is 9.18 Å². The summed E-state index contributed by atoms with van der Waals surface area (Å²) in [6.07, 6.45) is 4.67. The van der Waals surface area contributed by atoms with E-state index < -0.39 is 5.66 Å². The Morgan fingerprint density at radius 1 is 1.41 bits per heavy atom. The summed E-state index contributed by atoms with van der Waals surface area (Å²) >= 11 is 0. The van der Waals surface area contributed by atoms with Crippen LogP contribution in [0.4, 0.5) is 4.39 Å². The number of carbonyl (C=O) groups is 1. The third-order valence-electron chi connectivity index (χ3n) is 4.83. The van der Waals surface area contributed by atoms with Gasteiger partial charge >= 0.3 is 0 Å². The van der Waals surface area contributed by atoms with E-state index in [9.17, 15) is 9.18 Å². The number of amides is 1. The minimum Gasteiger partial charge on any atom is -0.344 e. The fourth-order valence-corrected chi connectivity index (χ4v) is 3.15. The number of nitrogens with two attached hydrogens (primary N) is 1. The van der Waals surface area contributed by atoms with E-state index in [-0.39, 0.29) is 11.7 Å². The zero-order valence-corrected chi connectivity index (χ0v) is 14.5. The fraction of sp³-hybridized carbons (Fsp3) is 0.222. The van der Waals surface area contributed by atoms with Crippen LogP contribution in [0, 0.1) is 5.82 Å². The number of hydrogen-bond acceptors (Lipinski definition) is 5. The first-order valence-corrected chi connectivity index (χ1v) is 8.52. The predicted molar refractivity (Wildman–Crippen MR) is 97.2 cm³/mol. The van der Waals surface area contributed by atoms with Crippen LogP contribution in [0.2, 0.25) is 0 Å². The van der Waals surface area contributed by atoms with E-state index in [4.69, 9.17) is 5.73 Å². The minimum atomic E-state index is -0.618. The molecule has 0 atom stereocenters. The number of hydrogen-bond donors (Lipinski definition) is 3. The lowest BCUT2D eigenvalue weighted by Crippen LogP contribution is -2.43. The van der Waals surface area contributed by atoms with Gasteiger partial charge in [-0.1, -0.05) is 0 Å². The second-order valence-corrected chi connectivity index (χ2v) is 6.90. The Morgan fingerprint density at radius 2 is 2.22 bits per heavy atom. The van der Waals surface area contributed by atoms with Crippen LogP contribution in [-0.2, 0) is 7.05 Å². The normalized spacial score (nSPS) is 15.4. The number of aromatic amines is 1. The minimum absolute atomic E-state index is 0.291. The van der Waals surface area contributed by atoms with Crippen molar-refractivity contribution in [2.24, 2.45) is 12.8 Å². The number of benzene rings is 1. The molecule has 4 aromatic rings. The molecule has 8 nitrogen and oxygen atoms in total. The number of nitrogens with zero attached hydrogens (tertiary/aromatic N) is 4. The third kappa shape index (κ3) is 2.55. The van der Waals surface area contributed by atoms with Crippen LogP contribution in [0.15, 0.2) is 30.6 Å². The number of aromatic nitrogens is 5. The van der Waals surface area contributed by atoms with Crippen molar-refractivity contribution in [2.45, 2.75) is 18.5 Å². The summed E-state index contributed by atoms with van der Waals surface area (Å²) in [5.74, 6) is -0.625. The molecule has 136 valence electrons. The van der Waals surface area contributed by atoms with Crippen LogP contribution in [0.5, 0.6) is 0 Å². The summed E-state index contributed by atoms with van der Waals surface area (Å²) in [4.78, 5) is 24.4. The quantitative estimate of drug-likeness (QED) is 0.479. The largest absolute Gasteiger partial charge is 0.344 e. The number of H-pyrrole nitrogens is 1. The lowest BCUT2D eigenvalue weighted by atomic mass is 10.1. The maximum atomic E-state index is 13.5. The summed E-state index contributed by atoms with van der Waals surface area (Å²) in [6.45, 7) is 0. The number of halogens is 1. The van der Waals surface area contributed by atoms with Crippen LogP contribution in [-0.4, -0.2) is 36.3 Å². The van der Waals surface area contributed by atoms with Gasteiger partial charge in [0.1, 0.15) is 22.7 Å². The van der Waals surface area contributed by atoms with E-state index >= 15 is 0 Å². The SMILES string of the molecule is Cn1nc(-c2cnc3[nH]cc(C(=O)NC4(N)CC4)c3n2)c2ccc(F)cc21. The van der Waals surface area contributed by atoms with Gasteiger partial charge < -0.3 is 16.0 Å². The van der Waals surface area contributed by atoms with Gasteiger partial charge in [0.05, 0.1) is 22.9 Å². The molecule has 1 saturated carbocycles. The molecule has 1 fully saturated rings. The second kappa shape index (κ2) is 5.34. The van der Waals surface area contributed by atoms with Crippen LogP contribution >= 0.6 is 0 Å². The first-order chi connectivity index (χ1) is 12.9. The molecule has 0 saturated heterocycles. The number of nitrogens with one attached hydrogen (secondary N) is 2. The van der Waals surface area contributed by atoms with Gasteiger partial charge in [-0.25, -0.2) is 14.4 Å². The first kappa shape index (κ1) is 15.9. The van der Waals surface area contributed by atoms with E-state index in [1.165, 1.54) is 12.1 Å². The molecule has 27 heavy (non-hydrogen) atoms. The molecule has 1 aromatic carbocycles. The van der Waals surface area contributed by atoms with Crippen molar-refractivity contribution in [3.05, 3.63) is 42.0 Å². The highest BCUT2D eigenvalue weighted by Crippen LogP contribution is 2.30. The number of fused-ring (bicyclic) bond motifs is 2. The highest BCUT2D eigenvalue weighted by atomic mass is 19.1. The van der Waals surface area contributed by atoms with Gasteiger partial charge in [0, 0.05) is 18.6 Å². The van der Waals surface area contributed by atoms with Crippen molar-refractivity contribution in [3.63, 3.8) is 0 Å². The molecule has 0 radical (unpaired) electrons. The fourth-order valence-electron chi connectivity index (χ4n) is 3.15. The molecule has 0 bridgehead atoms. The molecule has 0 spiro atoms. The van der Waals surface area contributed by atoms with Crippen molar-refractivity contribution >= 4 is 28.0 Å². The molecule has 1 aliphatic rings. The Labute approximate surface area is 152 Å². The number of carbonyl (C=O) groups excluding carboxylic acids is 1. The topological polar surface area (TPSA) is 115 Å². The maximum absolute atomic E-state index is 13.5. The monoisotopic (exact) mass is 365 g/mol. The van der Waals surface area contributed by atoms with E-state index in [1.54, 1.807) is 30.2 Å². The molecule has 9 heteroatoms. The average Bonchev–Trinajstić information content (AvgIpc) is 3.09. The van der Waals surface area contributed by atoms with Crippen molar-refractivity contribution in [3.8, 4) is 11.4 Å². The molecule has 5 rings (SSSR count). The lowest BCUT2D eigenvalue weighted by Gasteiger charge is -2.10. The zero-order valence-electron chi connectivity index (χ0n) is 14.5. The highest BCUT2D eigenvalue weighted by Gasteiger charge is 2.40. The van der Waals surface area contributed by atoms with Gasteiger partial charge in [-0.2, -0.15) is 5.10 Å². The molecule has 4 N–H and O–H groups in total. The number of rotatable bonds is 3. The Morgan fingerprint density at radius 3 is 3.00 bits per heavy atom. The van der Waals surface area contributed by atoms with E-state index in [0.717, 1.165) is 18.2 Å². The first-order valence-electron chi connectivity index (χ1n) is 8.52. The highest BCUT2D eigenvalue weighted by molar-refractivity contribution is 6.05.